The Hall–Kier alpha value is -6.24. The molecule has 0 amide bonds. The van der Waals surface area contributed by atoms with Gasteiger partial charge in [-0.2, -0.15) is 10.5 Å². The maximum atomic E-state index is 15.2. The van der Waals surface area contributed by atoms with E-state index in [9.17, 15) is 33.9 Å². The molecule has 54 heavy (non-hydrogen) atoms. The molecule has 0 aliphatic carbocycles. The summed E-state index contributed by atoms with van der Waals surface area (Å²) in [6.07, 6.45) is 6.28. The fourth-order valence-electron chi connectivity index (χ4n) is 5.72. The van der Waals surface area contributed by atoms with Gasteiger partial charge in [-0.05, 0) is 55.0 Å². The lowest BCUT2D eigenvalue weighted by atomic mass is 9.86. The molecule has 0 fully saturated rings. The maximum Gasteiger partial charge on any atom is 0.237 e. The molecule has 0 spiro atoms. The highest BCUT2D eigenvalue weighted by Crippen LogP contribution is 2.50. The van der Waals surface area contributed by atoms with Gasteiger partial charge in [0, 0.05) is 45.7 Å². The van der Waals surface area contributed by atoms with Crippen molar-refractivity contribution < 1.29 is 41.6 Å². The van der Waals surface area contributed by atoms with Crippen molar-refractivity contribution in [3.8, 4) is 17.9 Å². The van der Waals surface area contributed by atoms with E-state index in [1.807, 2.05) is 59.5 Å². The van der Waals surface area contributed by atoms with Crippen LogP contribution in [0.1, 0.15) is 33.4 Å². The zero-order valence-corrected chi connectivity index (χ0v) is 29.2. The van der Waals surface area contributed by atoms with Gasteiger partial charge >= 0.3 is 0 Å². The lowest BCUT2D eigenvalue weighted by molar-refractivity contribution is 0.0659. The van der Waals surface area contributed by atoms with E-state index in [1.165, 1.54) is 35.6 Å². The number of benzene rings is 3. The van der Waals surface area contributed by atoms with E-state index >= 15 is 8.78 Å². The third kappa shape index (κ3) is 7.89. The quantitative estimate of drug-likeness (QED) is 0.0463. The van der Waals surface area contributed by atoms with Crippen molar-refractivity contribution in [3.63, 3.8) is 0 Å². The fourth-order valence-corrected chi connectivity index (χ4v) is 6.54. The summed E-state index contributed by atoms with van der Waals surface area (Å²) in [7, 11) is 0. The van der Waals surface area contributed by atoms with Gasteiger partial charge in [0.1, 0.15) is 24.5 Å². The molecule has 0 radical (unpaired) electrons. The zero-order chi connectivity index (χ0) is 39.0. The first-order valence-electron chi connectivity index (χ1n) is 16.1. The summed E-state index contributed by atoms with van der Waals surface area (Å²) >= 11 is 1.25. The van der Waals surface area contributed by atoms with Gasteiger partial charge < -0.3 is 24.6 Å². The highest BCUT2D eigenvalue weighted by molar-refractivity contribution is 7.13. The average molecular weight is 757 g/mol. The number of halogens is 5. The maximum absolute atomic E-state index is 15.2. The molecule has 1 aliphatic heterocycles. The molecule has 1 aliphatic rings. The summed E-state index contributed by atoms with van der Waals surface area (Å²) in [6.45, 7) is 9.36. The van der Waals surface area contributed by atoms with E-state index in [0.29, 0.717) is 29.3 Å². The monoisotopic (exact) mass is 756 g/mol. The number of aliphatic hydroxyl groups excluding tert-OH is 2. The van der Waals surface area contributed by atoms with Crippen molar-refractivity contribution in [1.29, 1.82) is 10.5 Å². The SMILES string of the molecule is [C-]#[N+]C1=C(/C=C/c2ccc(/C=C/c3ccc(N(CCO)CCO)cc3OCc3ccccc3)s2)C(C)(c2c(F)c(F)c(F)c(F)c2F)OC1=C(C#N)C#N. The van der Waals surface area contributed by atoms with Gasteiger partial charge in [0.2, 0.25) is 11.5 Å². The smallest absolute Gasteiger partial charge is 0.237 e. The van der Waals surface area contributed by atoms with E-state index in [4.69, 9.17) is 16.0 Å². The van der Waals surface area contributed by atoms with Crippen molar-refractivity contribution >= 4 is 35.3 Å². The van der Waals surface area contributed by atoms with Crippen LogP contribution in [0.2, 0.25) is 0 Å². The largest absolute Gasteiger partial charge is 0.488 e. The van der Waals surface area contributed by atoms with Crippen LogP contribution in [0.15, 0.2) is 89.3 Å². The second kappa shape index (κ2) is 17.1. The van der Waals surface area contributed by atoms with Gasteiger partial charge in [0.05, 0.1) is 25.3 Å². The van der Waals surface area contributed by atoms with Crippen LogP contribution in [0.4, 0.5) is 27.6 Å². The number of allylic oxidation sites excluding steroid dienone is 1. The Labute approximate surface area is 311 Å². The minimum Gasteiger partial charge on any atom is -0.488 e. The third-order valence-corrected chi connectivity index (χ3v) is 9.38. The van der Waals surface area contributed by atoms with E-state index < -0.39 is 57.3 Å². The predicted octanol–water partition coefficient (Wildman–Crippen LogP) is 8.42. The van der Waals surface area contributed by atoms with Gasteiger partial charge in [-0.3, -0.25) is 0 Å². The molecule has 2 heterocycles. The molecule has 1 unspecified atom stereocenters. The van der Waals surface area contributed by atoms with Crippen molar-refractivity contribution in [1.82, 2.24) is 0 Å². The van der Waals surface area contributed by atoms with Crippen LogP contribution in [-0.4, -0.2) is 36.5 Å². The summed E-state index contributed by atoms with van der Waals surface area (Å²) in [5.41, 5.74) is -3.12. The number of rotatable bonds is 13. The summed E-state index contributed by atoms with van der Waals surface area (Å²) in [4.78, 5) is 6.41. The van der Waals surface area contributed by atoms with Crippen LogP contribution in [0.25, 0.3) is 23.1 Å². The Morgan fingerprint density at radius 3 is 2.04 bits per heavy atom. The Bertz CT molecular complexity index is 2270. The van der Waals surface area contributed by atoms with Gasteiger partial charge in [-0.15, -0.1) is 11.3 Å². The number of ether oxygens (including phenoxy) is 2. The summed E-state index contributed by atoms with van der Waals surface area (Å²) in [5, 5.41) is 38.0. The van der Waals surface area contributed by atoms with Crippen LogP contribution >= 0.6 is 11.3 Å². The molecule has 1 atom stereocenters. The van der Waals surface area contributed by atoms with Gasteiger partial charge in [0.15, 0.2) is 40.2 Å². The van der Waals surface area contributed by atoms with Crippen LogP contribution in [0, 0.1) is 58.3 Å². The van der Waals surface area contributed by atoms with E-state index in [1.54, 1.807) is 18.2 Å². The Morgan fingerprint density at radius 1 is 0.870 bits per heavy atom. The van der Waals surface area contributed by atoms with Crippen LogP contribution < -0.4 is 9.64 Å². The van der Waals surface area contributed by atoms with Crippen molar-refractivity contribution in [3.05, 3.63) is 156 Å². The zero-order valence-electron chi connectivity index (χ0n) is 28.4. The van der Waals surface area contributed by atoms with Crippen LogP contribution in [-0.2, 0) is 16.9 Å². The highest BCUT2D eigenvalue weighted by atomic mass is 32.1. The standard InChI is InChI=1S/C40H29F5N4O4S/c1-40(32-33(41)35(43)37(45)36(44)34(32)42)30(38(48-2)39(53-40)26(21-46)22-47)15-14-29-13-12-28(54-29)11-9-25-8-10-27(49(16-18-50)17-19-51)20-31(25)52-23-24-6-4-3-5-7-24/h3-15,20,50-51H,16-19,23H2,1H3/b11-9+,15-14+. The second-order valence-electron chi connectivity index (χ2n) is 11.7. The molecule has 0 saturated carbocycles. The lowest BCUT2D eigenvalue weighted by Gasteiger charge is -2.29. The van der Waals surface area contributed by atoms with E-state index in [-0.39, 0.29) is 25.4 Å². The third-order valence-electron chi connectivity index (χ3n) is 8.37. The molecule has 5 rings (SSSR count). The molecular weight excluding hydrogens is 728 g/mol. The molecule has 4 aromatic rings. The van der Waals surface area contributed by atoms with Crippen LogP contribution in [0.3, 0.4) is 0 Å². The number of thiophene rings is 1. The summed E-state index contributed by atoms with van der Waals surface area (Å²) < 4.78 is 84.9. The highest BCUT2D eigenvalue weighted by Gasteiger charge is 2.49. The number of nitrogens with zero attached hydrogens (tertiary/aromatic N) is 4. The fraction of sp³-hybridized carbons (Fsp3) is 0.175. The average Bonchev–Trinajstić information content (AvgIpc) is 3.75. The molecule has 2 N–H and O–H groups in total. The molecule has 0 bridgehead atoms. The normalized spacial score (nSPS) is 15.3. The van der Waals surface area contributed by atoms with Crippen LogP contribution in [0.5, 0.6) is 5.75 Å². The Morgan fingerprint density at radius 2 is 1.46 bits per heavy atom. The van der Waals surface area contributed by atoms with Gasteiger partial charge in [-0.1, -0.05) is 36.4 Å². The van der Waals surface area contributed by atoms with Gasteiger partial charge in [0.25, 0.3) is 0 Å². The number of aliphatic hydroxyl groups is 2. The van der Waals surface area contributed by atoms with E-state index in [2.05, 4.69) is 4.85 Å². The molecule has 1 aromatic heterocycles. The first-order chi connectivity index (χ1) is 26.0. The Kier molecular flexibility index (Phi) is 12.3. The number of anilines is 1. The molecule has 274 valence electrons. The second-order valence-corrected chi connectivity index (χ2v) is 12.9. The van der Waals surface area contributed by atoms with E-state index in [0.717, 1.165) is 23.1 Å². The lowest BCUT2D eigenvalue weighted by Crippen LogP contribution is -2.29. The minimum absolute atomic E-state index is 0.116. The first kappa shape index (κ1) is 39.0. The minimum atomic E-state index is -2.51. The van der Waals surface area contributed by atoms with Crippen molar-refractivity contribution in [2.45, 2.75) is 19.1 Å². The number of hydrogen-bond acceptors (Lipinski definition) is 8. The van der Waals surface area contributed by atoms with Gasteiger partial charge in [-0.25, -0.2) is 26.8 Å². The molecule has 3 aromatic carbocycles. The predicted molar refractivity (Wildman–Crippen MR) is 192 cm³/mol. The molecule has 8 nitrogen and oxygen atoms in total. The topological polar surface area (TPSA) is 114 Å². The summed E-state index contributed by atoms with van der Waals surface area (Å²) in [5.74, 6) is -11.4. The molecule has 0 saturated heterocycles. The van der Waals surface area contributed by atoms with Crippen molar-refractivity contribution in [2.24, 2.45) is 0 Å². The number of hydrogen-bond donors (Lipinski definition) is 2. The first-order valence-corrected chi connectivity index (χ1v) is 16.9. The van der Waals surface area contributed by atoms with Crippen molar-refractivity contribution in [2.75, 3.05) is 31.2 Å². The molecular formula is C40H29F5N4O4S. The Balaban J connectivity index is 1.51. The molecule has 14 heteroatoms. The summed E-state index contributed by atoms with van der Waals surface area (Å²) in [6, 6.07) is 21.5. The number of nitriles is 2.